The largest absolute Gasteiger partial charge is 1.00 e. The van der Waals surface area contributed by atoms with Gasteiger partial charge in [0, 0.05) is 6.67 Å². The Kier molecular flexibility index (Phi) is 2.51. The summed E-state index contributed by atoms with van der Waals surface area (Å²) >= 11 is 0. The molecule has 0 spiro atoms. The zero-order valence-corrected chi connectivity index (χ0v) is 6.93. The molecule has 12 heavy (non-hydrogen) atoms. The molecule has 0 aromatic heterocycles. The minimum absolute atomic E-state index is 0. The average Bonchev–Trinajstić information content (AvgIpc) is 2.34. The standard InChI is InChI=1S/C5H9N5O.ClH/c6-5-9-3-2(4(11)10-5)7-1-8-3;/h2-3,7-8H,1H2,(H3,6,9,10,11);1H. The van der Waals surface area contributed by atoms with Gasteiger partial charge in [0.05, 0.1) is 0 Å². The van der Waals surface area contributed by atoms with Gasteiger partial charge in [0.2, 0.25) is 5.91 Å². The van der Waals surface area contributed by atoms with Gasteiger partial charge in [-0.1, -0.05) is 0 Å². The molecule has 0 saturated carbocycles. The number of nitrogens with two attached hydrogens (primary N) is 1. The summed E-state index contributed by atoms with van der Waals surface area (Å²) < 4.78 is 0. The van der Waals surface area contributed by atoms with Gasteiger partial charge < -0.3 is 18.1 Å². The highest BCUT2D eigenvalue weighted by Crippen LogP contribution is 2.04. The second-order valence-corrected chi connectivity index (χ2v) is 2.51. The van der Waals surface area contributed by atoms with Crippen molar-refractivity contribution in [1.29, 1.82) is 0 Å². The highest BCUT2D eigenvalue weighted by atomic mass is 35.5. The van der Waals surface area contributed by atoms with Gasteiger partial charge in [0.25, 0.3) is 0 Å². The van der Waals surface area contributed by atoms with Crippen molar-refractivity contribution in [2.24, 2.45) is 10.7 Å². The molecule has 5 N–H and O–H groups in total. The van der Waals surface area contributed by atoms with Crippen LogP contribution in [0.5, 0.6) is 0 Å². The monoisotopic (exact) mass is 191 g/mol. The van der Waals surface area contributed by atoms with Gasteiger partial charge in [-0.25, -0.2) is 4.99 Å². The first kappa shape index (κ1) is 9.24. The summed E-state index contributed by atoms with van der Waals surface area (Å²) in [4.78, 5) is 15.1. The molecule has 2 heterocycles. The first-order chi connectivity index (χ1) is 5.27. The van der Waals surface area contributed by atoms with Crippen LogP contribution in [0.1, 0.15) is 1.43 Å². The molecule has 1 fully saturated rings. The van der Waals surface area contributed by atoms with Gasteiger partial charge in [0.1, 0.15) is 12.2 Å². The third kappa shape index (κ3) is 1.36. The Morgan fingerprint density at radius 1 is 1.58 bits per heavy atom. The number of fused-ring (bicyclic) bond motifs is 1. The molecule has 0 bridgehead atoms. The first-order valence-electron chi connectivity index (χ1n) is 3.38. The van der Waals surface area contributed by atoms with E-state index in [0.29, 0.717) is 6.67 Å². The third-order valence-corrected chi connectivity index (χ3v) is 1.76. The molecule has 2 rings (SSSR count). The molecule has 7 heteroatoms. The fourth-order valence-corrected chi connectivity index (χ4v) is 1.25. The second kappa shape index (κ2) is 3.26. The number of carbonyl (C=O) groups excluding carboxylic acids is 1. The van der Waals surface area contributed by atoms with E-state index in [2.05, 4.69) is 20.9 Å². The van der Waals surface area contributed by atoms with Crippen molar-refractivity contribution in [3.05, 3.63) is 0 Å². The van der Waals surface area contributed by atoms with E-state index in [-0.39, 0.29) is 37.9 Å². The number of carbonyl (C=O) groups is 1. The van der Waals surface area contributed by atoms with Crippen LogP contribution >= 0.6 is 0 Å². The Bertz CT molecular complexity index is 235. The van der Waals surface area contributed by atoms with Crippen molar-refractivity contribution >= 4 is 11.9 Å². The average molecular weight is 192 g/mol. The number of rotatable bonds is 0. The molecule has 0 aliphatic carbocycles. The quantitative estimate of drug-likeness (QED) is 0.307. The molecule has 2 atom stereocenters. The lowest BCUT2D eigenvalue weighted by Crippen LogP contribution is -3.00. The van der Waals surface area contributed by atoms with Crippen LogP contribution in [-0.2, 0) is 4.79 Å². The summed E-state index contributed by atoms with van der Waals surface area (Å²) in [6.07, 6.45) is -0.191. The van der Waals surface area contributed by atoms with Crippen LogP contribution in [-0.4, -0.2) is 30.7 Å². The maximum Gasteiger partial charge on any atom is 1.00 e. The number of amides is 1. The fourth-order valence-electron chi connectivity index (χ4n) is 1.25. The second-order valence-electron chi connectivity index (χ2n) is 2.51. The van der Waals surface area contributed by atoms with E-state index in [9.17, 15) is 4.79 Å². The number of nitrogens with zero attached hydrogens (tertiary/aromatic N) is 1. The van der Waals surface area contributed by atoms with Gasteiger partial charge in [-0.3, -0.25) is 20.7 Å². The number of halogens is 1. The van der Waals surface area contributed by atoms with E-state index < -0.39 is 0 Å². The molecule has 1 saturated heterocycles. The summed E-state index contributed by atoms with van der Waals surface area (Å²) in [5.41, 5.74) is 5.33. The van der Waals surface area contributed by atoms with Crippen molar-refractivity contribution in [1.82, 2.24) is 16.0 Å². The maximum atomic E-state index is 11.1. The lowest BCUT2D eigenvalue weighted by molar-refractivity contribution is -0.122. The van der Waals surface area contributed by atoms with E-state index in [1.165, 1.54) is 0 Å². The number of hydrogen-bond donors (Lipinski definition) is 4. The number of hydrogen-bond acceptors (Lipinski definition) is 5. The van der Waals surface area contributed by atoms with Gasteiger partial charge in [-0.15, -0.1) is 0 Å². The predicted octanol–water partition coefficient (Wildman–Crippen LogP) is -5.61. The van der Waals surface area contributed by atoms with Crippen LogP contribution in [0.25, 0.3) is 0 Å². The minimum Gasteiger partial charge on any atom is -1.00 e. The zero-order valence-electron chi connectivity index (χ0n) is 7.17. The lowest BCUT2D eigenvalue weighted by atomic mass is 10.2. The molecule has 2 aliphatic heterocycles. The summed E-state index contributed by atoms with van der Waals surface area (Å²) in [7, 11) is 0. The van der Waals surface area contributed by atoms with Crippen molar-refractivity contribution in [2.75, 3.05) is 6.67 Å². The topological polar surface area (TPSA) is 91.5 Å². The Hall–Kier alpha value is -0.850. The molecule has 2 unspecified atom stereocenters. The fraction of sp³-hybridized carbons (Fsp3) is 0.600. The van der Waals surface area contributed by atoms with Crippen LogP contribution in [0.3, 0.4) is 0 Å². The van der Waals surface area contributed by atoms with E-state index in [1.807, 2.05) is 0 Å². The van der Waals surface area contributed by atoms with E-state index in [0.717, 1.165) is 0 Å². The molecule has 68 valence electrons. The Labute approximate surface area is 76.9 Å². The van der Waals surface area contributed by atoms with Crippen molar-refractivity contribution in [3.8, 4) is 0 Å². The maximum absolute atomic E-state index is 11.1. The lowest BCUT2D eigenvalue weighted by Gasteiger charge is -2.20. The highest BCUT2D eigenvalue weighted by molar-refractivity contribution is 6.01. The van der Waals surface area contributed by atoms with Gasteiger partial charge in [-0.2, -0.15) is 0 Å². The molecule has 2 aliphatic rings. The number of nitrogens with one attached hydrogen (secondary N) is 3. The Morgan fingerprint density at radius 2 is 2.33 bits per heavy atom. The van der Waals surface area contributed by atoms with Crippen LogP contribution in [0, 0.1) is 0 Å². The minimum atomic E-state index is -0.262. The molecular weight excluding hydrogens is 182 g/mol. The Balaban J connectivity index is 0.000000720. The van der Waals surface area contributed by atoms with Gasteiger partial charge in [-0.05, 0) is 0 Å². The van der Waals surface area contributed by atoms with Crippen molar-refractivity contribution in [3.63, 3.8) is 0 Å². The van der Waals surface area contributed by atoms with E-state index >= 15 is 0 Å². The SMILES string of the molecule is NC1=NC2NCNC2C(=O)N1.[Cl-].[H+]. The predicted molar refractivity (Wildman–Crippen MR) is 39.6 cm³/mol. The molecule has 6 nitrogen and oxygen atoms in total. The highest BCUT2D eigenvalue weighted by Gasteiger charge is 2.35. The van der Waals surface area contributed by atoms with Crippen LogP contribution < -0.4 is 34.1 Å². The van der Waals surface area contributed by atoms with Crippen molar-refractivity contribution in [2.45, 2.75) is 12.2 Å². The summed E-state index contributed by atoms with van der Waals surface area (Å²) in [5.74, 6) is 0.0694. The van der Waals surface area contributed by atoms with Crippen LogP contribution in [0.2, 0.25) is 0 Å². The van der Waals surface area contributed by atoms with E-state index in [4.69, 9.17) is 5.73 Å². The van der Waals surface area contributed by atoms with E-state index in [1.54, 1.807) is 0 Å². The summed E-state index contributed by atoms with van der Waals surface area (Å²) in [6, 6.07) is -0.262. The van der Waals surface area contributed by atoms with Crippen LogP contribution in [0.4, 0.5) is 0 Å². The molecule has 0 radical (unpaired) electrons. The Morgan fingerprint density at radius 3 is 3.08 bits per heavy atom. The van der Waals surface area contributed by atoms with Gasteiger partial charge >= 0.3 is 1.43 Å². The normalized spacial score (nSPS) is 33.0. The third-order valence-electron chi connectivity index (χ3n) is 1.76. The van der Waals surface area contributed by atoms with Crippen molar-refractivity contribution < 1.29 is 18.6 Å². The smallest absolute Gasteiger partial charge is 1.00 e. The summed E-state index contributed by atoms with van der Waals surface area (Å²) in [5, 5.41) is 8.36. The first-order valence-corrected chi connectivity index (χ1v) is 3.38. The zero-order chi connectivity index (χ0) is 7.84. The number of guanidine groups is 1. The molecule has 1 amide bonds. The summed E-state index contributed by atoms with van der Waals surface area (Å²) in [6.45, 7) is 0.597. The van der Waals surface area contributed by atoms with Gasteiger partial charge in [0.15, 0.2) is 5.96 Å². The molecule has 0 aromatic carbocycles. The number of aliphatic imine (C=N–C) groups is 1. The molecule has 0 aromatic rings. The van der Waals surface area contributed by atoms with Crippen LogP contribution in [0.15, 0.2) is 4.99 Å². The molecular formula is C5H10ClN5O.